The summed E-state index contributed by atoms with van der Waals surface area (Å²) in [6.07, 6.45) is 10.5. The molecule has 0 unspecified atom stereocenters. The van der Waals surface area contributed by atoms with E-state index in [9.17, 15) is 30.6 Å². The van der Waals surface area contributed by atoms with Crippen LogP contribution in [0.4, 0.5) is 0 Å². The number of nitro groups is 2. The van der Waals surface area contributed by atoms with Gasteiger partial charge in [0, 0.05) is 11.0 Å². The largest absolute Gasteiger partial charge is 0.417 e. The van der Waals surface area contributed by atoms with Crippen molar-refractivity contribution in [1.29, 1.82) is 0 Å². The summed E-state index contributed by atoms with van der Waals surface area (Å²) in [5.74, 6) is 0. The Kier molecular flexibility index (Phi) is 4.47. The van der Waals surface area contributed by atoms with Crippen LogP contribution < -0.4 is 0 Å². The first kappa shape index (κ1) is 18.6. The third kappa shape index (κ3) is 2.76. The Morgan fingerprint density at radius 2 is 1.67 bits per heavy atom. The van der Waals surface area contributed by atoms with Gasteiger partial charge in [-0.15, -0.1) is 0 Å². The molecule has 0 saturated carbocycles. The van der Waals surface area contributed by atoms with E-state index < -0.39 is 36.7 Å². The molecule has 2 aliphatic carbocycles. The fraction of sp³-hybridized carbons (Fsp3) is 0.250. The molecule has 3 aliphatic rings. The standard InChI is InChI=1S/C16H15N4O6S/c1-10(2)17-12-6-4-3-5-7-13(12)27-16(17)14(19(23)24)8-11(18(21)22)9-15(16)20(25)26/h3-10H,1-2H3,(H,21,22)/q+1. The summed E-state index contributed by atoms with van der Waals surface area (Å²) in [5, 5.41) is 44.2. The number of fused-ring (bicyclic) bond motifs is 1. The van der Waals surface area contributed by atoms with Crippen LogP contribution in [0.1, 0.15) is 13.8 Å². The van der Waals surface area contributed by atoms with Gasteiger partial charge in [0.15, 0.2) is 6.04 Å². The van der Waals surface area contributed by atoms with E-state index in [-0.39, 0.29) is 6.04 Å². The molecule has 0 amide bonds. The maximum atomic E-state index is 11.9. The van der Waals surface area contributed by atoms with E-state index in [1.165, 1.54) is 0 Å². The van der Waals surface area contributed by atoms with Crippen LogP contribution >= 0.6 is 11.8 Å². The normalized spacial score (nSPS) is 23.8. The summed E-state index contributed by atoms with van der Waals surface area (Å²) >= 11 is 0.966. The fourth-order valence-corrected chi connectivity index (χ4v) is 4.91. The number of rotatable bonds is 3. The van der Waals surface area contributed by atoms with Crippen molar-refractivity contribution >= 4 is 23.2 Å². The monoisotopic (exact) mass is 391 g/mol. The lowest BCUT2D eigenvalue weighted by atomic mass is 9.98. The van der Waals surface area contributed by atoms with Gasteiger partial charge in [0.25, 0.3) is 5.71 Å². The fourth-order valence-electron chi connectivity index (χ4n) is 3.29. The molecule has 0 fully saturated rings. The topological polar surface area (TPSA) is 136 Å². The Hall–Kier alpha value is -3.21. The molecule has 0 aromatic rings. The van der Waals surface area contributed by atoms with E-state index in [0.717, 1.165) is 23.9 Å². The minimum Gasteiger partial charge on any atom is -0.417 e. The van der Waals surface area contributed by atoms with Crippen molar-refractivity contribution in [3.8, 4) is 0 Å². The molecule has 0 saturated heterocycles. The zero-order valence-electron chi connectivity index (χ0n) is 14.3. The Morgan fingerprint density at radius 1 is 1.07 bits per heavy atom. The van der Waals surface area contributed by atoms with Crippen LogP contribution in [0.15, 0.2) is 58.8 Å². The molecule has 0 atom stereocenters. The molecule has 3 rings (SSSR count). The molecule has 1 N–H and O–H groups in total. The number of hydrogen-bond acceptors (Lipinski definition) is 7. The molecule has 0 aromatic heterocycles. The minimum absolute atomic E-state index is 0.341. The van der Waals surface area contributed by atoms with Gasteiger partial charge in [0.05, 0.1) is 26.9 Å². The second kappa shape index (κ2) is 6.50. The molecule has 140 valence electrons. The van der Waals surface area contributed by atoms with Gasteiger partial charge in [0.2, 0.25) is 5.71 Å². The quantitative estimate of drug-likeness (QED) is 0.255. The Bertz CT molecular complexity index is 929. The van der Waals surface area contributed by atoms with E-state index >= 15 is 0 Å². The zero-order chi connectivity index (χ0) is 19.9. The van der Waals surface area contributed by atoms with Crippen molar-refractivity contribution in [2.24, 2.45) is 0 Å². The van der Waals surface area contributed by atoms with Crippen molar-refractivity contribution in [2.45, 2.75) is 24.8 Å². The van der Waals surface area contributed by atoms with Gasteiger partial charge in [-0.25, -0.2) is 0 Å². The summed E-state index contributed by atoms with van der Waals surface area (Å²) < 4.78 is 1.60. The van der Waals surface area contributed by atoms with Gasteiger partial charge in [-0.2, -0.15) is 4.58 Å². The van der Waals surface area contributed by atoms with Crippen molar-refractivity contribution in [1.82, 2.24) is 0 Å². The summed E-state index contributed by atoms with van der Waals surface area (Å²) in [6, 6.07) is -0.341. The number of nitrogens with zero attached hydrogens (tertiary/aromatic N) is 4. The molecule has 27 heavy (non-hydrogen) atoms. The van der Waals surface area contributed by atoms with Crippen molar-refractivity contribution in [3.05, 3.63) is 84.3 Å². The number of allylic oxidation sites excluding steroid dienone is 8. The third-order valence-corrected chi connectivity index (χ3v) is 5.70. The summed E-state index contributed by atoms with van der Waals surface area (Å²) in [4.78, 5) is 20.4. The maximum absolute atomic E-state index is 11.9. The molecular weight excluding hydrogens is 376 g/mol. The molecule has 0 bridgehead atoms. The van der Waals surface area contributed by atoms with Gasteiger partial charge in [-0.1, -0.05) is 18.2 Å². The molecule has 1 spiro atoms. The Balaban J connectivity index is 2.42. The molecule has 1 aliphatic heterocycles. The third-order valence-electron chi connectivity index (χ3n) is 4.23. The van der Waals surface area contributed by atoms with Crippen LogP contribution in [0.2, 0.25) is 0 Å². The van der Waals surface area contributed by atoms with Crippen LogP contribution in [0.3, 0.4) is 0 Å². The predicted octanol–water partition coefficient (Wildman–Crippen LogP) is 1.98. The first-order valence-electron chi connectivity index (χ1n) is 7.87. The van der Waals surface area contributed by atoms with E-state index in [1.54, 1.807) is 48.8 Å². The van der Waals surface area contributed by atoms with Gasteiger partial charge in [0.1, 0.15) is 0 Å². The molecular formula is C16H15N4O6S+. The first-order chi connectivity index (χ1) is 12.7. The Labute approximate surface area is 157 Å². The van der Waals surface area contributed by atoms with Gasteiger partial charge >= 0.3 is 16.3 Å². The van der Waals surface area contributed by atoms with Gasteiger partial charge < -0.3 is 5.21 Å². The molecule has 11 heteroatoms. The van der Waals surface area contributed by atoms with Gasteiger partial charge in [-0.05, 0) is 31.7 Å². The highest BCUT2D eigenvalue weighted by Gasteiger charge is 2.71. The Morgan fingerprint density at radius 3 is 2.15 bits per heavy atom. The van der Waals surface area contributed by atoms with E-state index in [0.29, 0.717) is 10.6 Å². The van der Waals surface area contributed by atoms with Gasteiger partial charge in [-0.3, -0.25) is 25.4 Å². The van der Waals surface area contributed by atoms with E-state index in [2.05, 4.69) is 0 Å². The lowest BCUT2D eigenvalue weighted by Crippen LogP contribution is -2.50. The summed E-state index contributed by atoms with van der Waals surface area (Å²) in [7, 11) is 0. The number of thioether (sulfide) groups is 1. The summed E-state index contributed by atoms with van der Waals surface area (Å²) in [5.41, 5.74) is -1.12. The smallest absolute Gasteiger partial charge is 0.394 e. The van der Waals surface area contributed by atoms with Crippen LogP contribution in [0.5, 0.6) is 0 Å². The van der Waals surface area contributed by atoms with Crippen molar-refractivity contribution in [2.75, 3.05) is 0 Å². The van der Waals surface area contributed by atoms with E-state index in [4.69, 9.17) is 0 Å². The summed E-state index contributed by atoms with van der Waals surface area (Å²) in [6.45, 7) is 3.54. The molecule has 1 heterocycles. The average molecular weight is 391 g/mol. The SMILES string of the molecule is CC(C)[N+]1=C2C=CC=CC=C2SC12C([N+](=O)[O-])=CC(=[N+]([O-])O)C=C2[N+](=O)[O-]. The van der Waals surface area contributed by atoms with Crippen molar-refractivity contribution < 1.29 is 24.5 Å². The first-order valence-corrected chi connectivity index (χ1v) is 8.68. The second-order valence-corrected chi connectivity index (χ2v) is 7.38. The van der Waals surface area contributed by atoms with Crippen molar-refractivity contribution in [3.63, 3.8) is 0 Å². The highest BCUT2D eigenvalue weighted by atomic mass is 32.2. The van der Waals surface area contributed by atoms with Crippen LogP contribution in [0, 0.1) is 25.4 Å². The van der Waals surface area contributed by atoms with Crippen LogP contribution in [0.25, 0.3) is 0 Å². The molecule has 0 aromatic carbocycles. The lowest BCUT2D eigenvalue weighted by molar-refractivity contribution is -0.725. The number of hydrogen-bond donors (Lipinski definition) is 1. The zero-order valence-corrected chi connectivity index (χ0v) is 15.1. The highest BCUT2D eigenvalue weighted by Crippen LogP contribution is 2.52. The van der Waals surface area contributed by atoms with Crippen LogP contribution in [-0.2, 0) is 0 Å². The minimum atomic E-state index is -1.78. The highest BCUT2D eigenvalue weighted by molar-refractivity contribution is 8.05. The maximum Gasteiger partial charge on any atom is 0.394 e. The molecule has 0 radical (unpaired) electrons. The van der Waals surface area contributed by atoms with E-state index in [1.807, 2.05) is 0 Å². The lowest BCUT2D eigenvalue weighted by Gasteiger charge is -2.24. The predicted molar refractivity (Wildman–Crippen MR) is 97.7 cm³/mol. The van der Waals surface area contributed by atoms with Crippen LogP contribution in [-0.4, -0.2) is 46.9 Å². The average Bonchev–Trinajstić information content (AvgIpc) is 2.72. The second-order valence-electron chi connectivity index (χ2n) is 6.14. The molecule has 10 nitrogen and oxygen atoms in total.